The number of aryl methyl sites for hydroxylation is 2. The molecule has 15 heteroatoms. The smallest absolute Gasteiger partial charge is 0.267 e. The van der Waals surface area contributed by atoms with Gasteiger partial charge >= 0.3 is 0 Å². The Morgan fingerprint density at radius 2 is 1.09 bits per heavy atom. The van der Waals surface area contributed by atoms with Crippen LogP contribution in [0.2, 0.25) is 0 Å². The summed E-state index contributed by atoms with van der Waals surface area (Å²) in [6.45, 7) is 9.94. The summed E-state index contributed by atoms with van der Waals surface area (Å²) in [5, 5.41) is 25.9. The summed E-state index contributed by atoms with van der Waals surface area (Å²) >= 11 is 1.02. The second-order valence-electron chi connectivity index (χ2n) is 12.1. The van der Waals surface area contributed by atoms with Crippen LogP contribution < -0.4 is 32.7 Å². The molecule has 0 aromatic carbocycles. The van der Waals surface area contributed by atoms with Crippen molar-refractivity contribution < 1.29 is 19.2 Å². The molecule has 0 fully saturated rings. The molecule has 3 rings (SSSR count). The van der Waals surface area contributed by atoms with Crippen molar-refractivity contribution in [1.82, 2.24) is 19.8 Å². The third kappa shape index (κ3) is 11.4. The van der Waals surface area contributed by atoms with E-state index >= 15 is 0 Å². The van der Waals surface area contributed by atoms with Crippen LogP contribution in [0.1, 0.15) is 93.7 Å². The van der Waals surface area contributed by atoms with Crippen LogP contribution in [0, 0.1) is 22.7 Å². The van der Waals surface area contributed by atoms with Crippen molar-refractivity contribution in [2.45, 2.75) is 66.5 Å². The molecule has 4 amide bonds. The number of hydrogen-bond donors (Lipinski definition) is 8. The van der Waals surface area contributed by atoms with Crippen LogP contribution in [-0.4, -0.2) is 57.5 Å². The van der Waals surface area contributed by atoms with E-state index in [9.17, 15) is 19.2 Å². The second-order valence-corrected chi connectivity index (χ2v) is 13.2. The third-order valence-electron chi connectivity index (χ3n) is 7.08. The Kier molecular flexibility index (Phi) is 13.3. The van der Waals surface area contributed by atoms with Crippen molar-refractivity contribution in [1.29, 1.82) is 10.8 Å². The molecule has 3 aromatic heterocycles. The van der Waals surface area contributed by atoms with Gasteiger partial charge in [-0.15, -0.1) is 11.3 Å². The molecule has 0 radical (unpaired) electrons. The first kappa shape index (κ1) is 36.5. The molecule has 10 N–H and O–H groups in total. The van der Waals surface area contributed by atoms with Crippen molar-refractivity contribution >= 4 is 58.0 Å². The number of carbonyl (C=O) groups is 4. The van der Waals surface area contributed by atoms with Crippen LogP contribution in [0.4, 0.5) is 11.4 Å². The molecule has 3 heterocycles. The number of rotatable bonds is 18. The van der Waals surface area contributed by atoms with Gasteiger partial charge in [0.15, 0.2) is 0 Å². The number of thiophene rings is 1. The van der Waals surface area contributed by atoms with Gasteiger partial charge in [-0.1, -0.05) is 27.7 Å². The Morgan fingerprint density at radius 1 is 0.702 bits per heavy atom. The fourth-order valence-corrected chi connectivity index (χ4v) is 5.27. The fourth-order valence-electron chi connectivity index (χ4n) is 4.47. The van der Waals surface area contributed by atoms with Gasteiger partial charge in [0, 0.05) is 51.4 Å². The molecule has 0 aliphatic rings. The van der Waals surface area contributed by atoms with Gasteiger partial charge in [0.25, 0.3) is 23.6 Å². The maximum absolute atomic E-state index is 13.1. The highest BCUT2D eigenvalue weighted by molar-refractivity contribution is 7.16. The van der Waals surface area contributed by atoms with Gasteiger partial charge in [-0.2, -0.15) is 0 Å². The molecule has 0 atom stereocenters. The van der Waals surface area contributed by atoms with E-state index in [1.165, 1.54) is 0 Å². The highest BCUT2D eigenvalue weighted by Crippen LogP contribution is 2.23. The lowest BCUT2D eigenvalue weighted by molar-refractivity contribution is 0.0937. The van der Waals surface area contributed by atoms with Crippen LogP contribution in [0.3, 0.4) is 0 Å². The molecule has 0 bridgehead atoms. The Morgan fingerprint density at radius 3 is 1.43 bits per heavy atom. The average molecular weight is 667 g/mol. The number of nitrogens with zero attached hydrogens (tertiary/aromatic N) is 2. The molecule has 3 aromatic rings. The number of anilines is 2. The highest BCUT2D eigenvalue weighted by Gasteiger charge is 2.20. The second kappa shape index (κ2) is 17.1. The molecule has 14 nitrogen and oxygen atoms in total. The SMILES string of the molecule is CC(C)CCn1cc(NC(=O)c2ccc(C(=O)Nc3cc(C(=O)NCCC(=N)N)n(CCC(C)C)c3)s2)cc1C(=O)NCCC(=N)N. The summed E-state index contributed by atoms with van der Waals surface area (Å²) < 4.78 is 3.58. The van der Waals surface area contributed by atoms with Crippen molar-refractivity contribution in [3.63, 3.8) is 0 Å². The van der Waals surface area contributed by atoms with Gasteiger partial charge in [0.1, 0.15) is 11.4 Å². The largest absolute Gasteiger partial charge is 0.388 e. The van der Waals surface area contributed by atoms with E-state index in [-0.39, 0.29) is 49.4 Å². The van der Waals surface area contributed by atoms with Gasteiger partial charge < -0.3 is 41.9 Å². The van der Waals surface area contributed by atoms with E-state index < -0.39 is 11.8 Å². The van der Waals surface area contributed by atoms with Crippen LogP contribution >= 0.6 is 11.3 Å². The molecule has 0 spiro atoms. The zero-order chi connectivity index (χ0) is 34.7. The number of amidine groups is 2. The minimum absolute atomic E-state index is 0.0212. The van der Waals surface area contributed by atoms with E-state index in [0.717, 1.165) is 24.2 Å². The third-order valence-corrected chi connectivity index (χ3v) is 8.17. The van der Waals surface area contributed by atoms with Crippen molar-refractivity contribution in [2.24, 2.45) is 23.3 Å². The van der Waals surface area contributed by atoms with E-state index in [1.807, 2.05) is 0 Å². The predicted octanol–water partition coefficient (Wildman–Crippen LogP) is 4.06. The Labute approximate surface area is 278 Å². The topological polar surface area (TPSA) is 226 Å². The zero-order valence-electron chi connectivity index (χ0n) is 27.4. The summed E-state index contributed by atoms with van der Waals surface area (Å²) in [4.78, 5) is 52.6. The standard InChI is InChI=1S/C32H46N10O4S/c1-19(2)9-13-41-17-21(15-23(41)29(43)37-11-7-27(33)34)39-31(45)25-5-6-26(47-25)32(46)40-22-16-24(30(44)38-12-8-28(35)36)42(18-22)14-10-20(3)4/h5-6,15-20H,7-14H2,1-4H3,(H3,33,34)(H3,35,36)(H,37,43)(H,38,44)(H,39,45)(H,40,46). The number of aromatic nitrogens is 2. The monoisotopic (exact) mass is 666 g/mol. The Balaban J connectivity index is 1.71. The van der Waals surface area contributed by atoms with Crippen LogP contribution in [-0.2, 0) is 13.1 Å². The molecule has 254 valence electrons. The first-order chi connectivity index (χ1) is 22.2. The average Bonchev–Trinajstić information content (AvgIpc) is 3.73. The van der Waals surface area contributed by atoms with E-state index in [4.69, 9.17) is 22.3 Å². The lowest BCUT2D eigenvalue weighted by Crippen LogP contribution is -2.29. The molecule has 0 aliphatic carbocycles. The van der Waals surface area contributed by atoms with E-state index in [0.29, 0.717) is 57.4 Å². The van der Waals surface area contributed by atoms with Crippen molar-refractivity contribution in [3.05, 3.63) is 57.8 Å². The van der Waals surface area contributed by atoms with Gasteiger partial charge in [-0.3, -0.25) is 30.0 Å². The van der Waals surface area contributed by atoms with Crippen LogP contribution in [0.25, 0.3) is 0 Å². The number of amides is 4. The van der Waals surface area contributed by atoms with Crippen molar-refractivity contribution in [3.8, 4) is 0 Å². The van der Waals surface area contributed by atoms with Crippen LogP contribution in [0.5, 0.6) is 0 Å². The number of nitrogens with one attached hydrogen (secondary N) is 6. The summed E-state index contributed by atoms with van der Waals surface area (Å²) in [6.07, 6.45) is 5.54. The summed E-state index contributed by atoms with van der Waals surface area (Å²) in [6, 6.07) is 6.31. The highest BCUT2D eigenvalue weighted by atomic mass is 32.1. The lowest BCUT2D eigenvalue weighted by atomic mass is 10.1. The maximum Gasteiger partial charge on any atom is 0.267 e. The quantitative estimate of drug-likeness (QED) is 0.0737. The van der Waals surface area contributed by atoms with E-state index in [1.54, 1.807) is 45.8 Å². The minimum Gasteiger partial charge on any atom is -0.388 e. The summed E-state index contributed by atoms with van der Waals surface area (Å²) in [7, 11) is 0. The number of nitrogens with two attached hydrogens (primary N) is 2. The maximum atomic E-state index is 13.1. The van der Waals surface area contributed by atoms with Crippen LogP contribution in [0.15, 0.2) is 36.7 Å². The van der Waals surface area contributed by atoms with Gasteiger partial charge in [-0.25, -0.2) is 0 Å². The molecule has 0 unspecified atom stereocenters. The summed E-state index contributed by atoms with van der Waals surface area (Å²) in [5.41, 5.74) is 12.4. The molecular formula is C32H46N10O4S. The summed E-state index contributed by atoms with van der Waals surface area (Å²) in [5.74, 6) is -0.759. The fraction of sp³-hybridized carbons (Fsp3) is 0.438. The number of hydrogen-bond acceptors (Lipinski definition) is 7. The molecule has 0 aliphatic heterocycles. The van der Waals surface area contributed by atoms with Crippen molar-refractivity contribution in [2.75, 3.05) is 23.7 Å². The minimum atomic E-state index is -0.428. The van der Waals surface area contributed by atoms with Gasteiger partial charge in [0.05, 0.1) is 32.8 Å². The molecular weight excluding hydrogens is 620 g/mol. The van der Waals surface area contributed by atoms with Gasteiger partial charge in [0.2, 0.25) is 0 Å². The zero-order valence-corrected chi connectivity index (χ0v) is 28.2. The molecule has 0 saturated heterocycles. The Hall–Kier alpha value is -4.92. The van der Waals surface area contributed by atoms with Gasteiger partial charge in [-0.05, 0) is 48.9 Å². The Bertz CT molecular complexity index is 1490. The predicted molar refractivity (Wildman–Crippen MR) is 186 cm³/mol. The first-order valence-electron chi connectivity index (χ1n) is 15.6. The first-order valence-corrected chi connectivity index (χ1v) is 16.4. The van der Waals surface area contributed by atoms with E-state index in [2.05, 4.69) is 49.0 Å². The number of carbonyl (C=O) groups excluding carboxylic acids is 4. The normalized spacial score (nSPS) is 11.0. The molecule has 47 heavy (non-hydrogen) atoms. The molecule has 0 saturated carbocycles. The lowest BCUT2D eigenvalue weighted by Gasteiger charge is -2.11.